The first-order valence-corrected chi connectivity index (χ1v) is 17.6. The molecule has 0 atom stereocenters. The number of hydrogen-bond acceptors (Lipinski definition) is 2. The van der Waals surface area contributed by atoms with Crippen LogP contribution in [0.15, 0.2) is 150 Å². The van der Waals surface area contributed by atoms with Crippen molar-refractivity contribution in [2.24, 2.45) is 0 Å². The lowest BCUT2D eigenvalue weighted by molar-refractivity contribution is 0.616. The van der Waals surface area contributed by atoms with Crippen LogP contribution in [0, 0.1) is 0 Å². The molecule has 0 unspecified atom stereocenters. The van der Waals surface area contributed by atoms with Gasteiger partial charge in [-0.2, -0.15) is 0 Å². The molecule has 0 spiro atoms. The maximum Gasteiger partial charge on any atom is 0.149 e. The molecule has 7 aromatic carbocycles. The highest BCUT2D eigenvalue weighted by Gasteiger charge is 2.25. The summed E-state index contributed by atoms with van der Waals surface area (Å²) in [5, 5.41) is 6.07. The maximum absolute atomic E-state index is 6.29. The molecular formula is C47H38N2O. The number of imidazole rings is 1. The molecule has 0 aliphatic rings. The highest BCUT2D eigenvalue weighted by atomic mass is 16.3. The molecule has 0 bridgehead atoms. The van der Waals surface area contributed by atoms with Crippen LogP contribution in [0.1, 0.15) is 50.7 Å². The molecule has 3 nitrogen and oxygen atoms in total. The zero-order valence-electron chi connectivity index (χ0n) is 28.8. The largest absolute Gasteiger partial charge is 0.464 e. The summed E-state index contributed by atoms with van der Waals surface area (Å²) in [6, 6.07) is 50.4. The van der Waals surface area contributed by atoms with E-state index in [1.54, 1.807) is 0 Å². The monoisotopic (exact) mass is 646 g/mol. The van der Waals surface area contributed by atoms with E-state index in [9.17, 15) is 0 Å². The standard InChI is InChI=1S/C47H38N2O/c1-29(2)38-26-36(31-12-6-5-7-13-31)27-39(30(3)4)46(38)49-44-17-11-10-16-43(44)48-47(49)42-28-50-45-23-22-35(25-41(42)45)34-21-20-33-19-18-32-14-8-9-15-37(32)40(33)24-34/h5-30H,1-4H3. The van der Waals surface area contributed by atoms with Gasteiger partial charge in [-0.15, -0.1) is 0 Å². The highest BCUT2D eigenvalue weighted by Crippen LogP contribution is 2.42. The van der Waals surface area contributed by atoms with Crippen LogP contribution in [0.2, 0.25) is 0 Å². The Kier molecular flexibility index (Phi) is 7.17. The average molecular weight is 647 g/mol. The second-order valence-electron chi connectivity index (χ2n) is 14.0. The van der Waals surface area contributed by atoms with Gasteiger partial charge in [-0.3, -0.25) is 4.57 Å². The van der Waals surface area contributed by atoms with Crippen LogP contribution in [-0.4, -0.2) is 9.55 Å². The first kappa shape index (κ1) is 30.2. The van der Waals surface area contributed by atoms with Crippen LogP contribution < -0.4 is 0 Å². The van der Waals surface area contributed by atoms with Gasteiger partial charge in [0.1, 0.15) is 17.7 Å². The van der Waals surface area contributed by atoms with Gasteiger partial charge < -0.3 is 4.42 Å². The third-order valence-corrected chi connectivity index (χ3v) is 10.2. The Hall–Kier alpha value is -5.93. The molecule has 9 aromatic rings. The SMILES string of the molecule is CC(C)c1cc(-c2ccccc2)cc(C(C)C)c1-n1c(-c2coc3ccc(-c4ccc5ccc6ccccc6c5c4)cc23)nc2ccccc21. The number of para-hydroxylation sites is 2. The Bertz CT molecular complexity index is 2680. The number of rotatable bonds is 6. The van der Waals surface area contributed by atoms with E-state index < -0.39 is 0 Å². The lowest BCUT2D eigenvalue weighted by Crippen LogP contribution is -2.09. The predicted molar refractivity (Wildman–Crippen MR) is 210 cm³/mol. The Morgan fingerprint density at radius 2 is 1.14 bits per heavy atom. The predicted octanol–water partition coefficient (Wildman–Crippen LogP) is 13.3. The summed E-state index contributed by atoms with van der Waals surface area (Å²) in [6.07, 6.45) is 1.89. The van der Waals surface area contributed by atoms with Crippen LogP contribution >= 0.6 is 0 Å². The lowest BCUT2D eigenvalue weighted by atomic mass is 9.88. The summed E-state index contributed by atoms with van der Waals surface area (Å²) in [5.74, 6) is 1.47. The first-order valence-electron chi connectivity index (χ1n) is 17.6. The molecule has 0 N–H and O–H groups in total. The van der Waals surface area contributed by atoms with E-state index in [0.717, 1.165) is 39.0 Å². The van der Waals surface area contributed by atoms with Crippen molar-refractivity contribution in [1.29, 1.82) is 0 Å². The average Bonchev–Trinajstić information content (AvgIpc) is 3.75. The Morgan fingerprint density at radius 3 is 1.90 bits per heavy atom. The van der Waals surface area contributed by atoms with Gasteiger partial charge in [0.2, 0.25) is 0 Å². The van der Waals surface area contributed by atoms with Gasteiger partial charge in [-0.1, -0.05) is 125 Å². The Morgan fingerprint density at radius 1 is 0.520 bits per heavy atom. The lowest BCUT2D eigenvalue weighted by Gasteiger charge is -2.24. The molecule has 3 heteroatoms. The van der Waals surface area contributed by atoms with Crippen molar-refractivity contribution in [1.82, 2.24) is 9.55 Å². The van der Waals surface area contributed by atoms with Gasteiger partial charge in [0.05, 0.1) is 22.3 Å². The normalized spacial score (nSPS) is 12.0. The first-order chi connectivity index (χ1) is 24.4. The van der Waals surface area contributed by atoms with Gasteiger partial charge in [0, 0.05) is 5.39 Å². The number of nitrogens with zero attached hydrogens (tertiary/aromatic N) is 2. The van der Waals surface area contributed by atoms with Gasteiger partial charge in [-0.25, -0.2) is 4.98 Å². The van der Waals surface area contributed by atoms with Crippen LogP contribution in [-0.2, 0) is 0 Å². The maximum atomic E-state index is 6.29. The summed E-state index contributed by atoms with van der Waals surface area (Å²) >= 11 is 0. The van der Waals surface area contributed by atoms with Gasteiger partial charge in [0.15, 0.2) is 0 Å². The van der Waals surface area contributed by atoms with Crippen molar-refractivity contribution < 1.29 is 4.42 Å². The summed E-state index contributed by atoms with van der Waals surface area (Å²) in [6.45, 7) is 9.18. The number of furan rings is 1. The smallest absolute Gasteiger partial charge is 0.149 e. The van der Waals surface area contributed by atoms with Crippen molar-refractivity contribution in [3.63, 3.8) is 0 Å². The summed E-state index contributed by atoms with van der Waals surface area (Å²) < 4.78 is 8.68. The number of fused-ring (bicyclic) bond motifs is 5. The Labute approximate surface area is 292 Å². The fourth-order valence-corrected chi connectivity index (χ4v) is 7.61. The molecule has 2 heterocycles. The molecule has 0 radical (unpaired) electrons. The number of hydrogen-bond donors (Lipinski definition) is 0. The summed E-state index contributed by atoms with van der Waals surface area (Å²) in [4.78, 5) is 5.34. The number of aromatic nitrogens is 2. The van der Waals surface area contributed by atoms with Crippen molar-refractivity contribution in [3.8, 4) is 39.3 Å². The van der Waals surface area contributed by atoms with Crippen LogP contribution in [0.25, 0.3) is 82.9 Å². The minimum Gasteiger partial charge on any atom is -0.464 e. The quantitative estimate of drug-likeness (QED) is 0.168. The van der Waals surface area contributed by atoms with Crippen molar-refractivity contribution in [2.75, 3.05) is 0 Å². The summed E-state index contributed by atoms with van der Waals surface area (Å²) in [7, 11) is 0. The molecule has 0 amide bonds. The third-order valence-electron chi connectivity index (χ3n) is 10.2. The van der Waals surface area contributed by atoms with Gasteiger partial charge in [-0.05, 0) is 109 Å². The van der Waals surface area contributed by atoms with Crippen LogP contribution in [0.4, 0.5) is 0 Å². The van der Waals surface area contributed by atoms with E-state index in [-0.39, 0.29) is 11.8 Å². The molecule has 0 saturated carbocycles. The van der Waals surface area contributed by atoms with Crippen molar-refractivity contribution in [2.45, 2.75) is 39.5 Å². The van der Waals surface area contributed by atoms with Gasteiger partial charge >= 0.3 is 0 Å². The molecule has 0 saturated heterocycles. The minimum atomic E-state index is 0.289. The second kappa shape index (κ2) is 11.9. The van der Waals surface area contributed by atoms with E-state index in [1.807, 2.05) is 6.26 Å². The van der Waals surface area contributed by atoms with E-state index >= 15 is 0 Å². The molecule has 9 rings (SSSR count). The molecule has 0 aliphatic carbocycles. The highest BCUT2D eigenvalue weighted by molar-refractivity contribution is 6.09. The number of benzene rings is 7. The molecule has 0 fully saturated rings. The van der Waals surface area contributed by atoms with Crippen LogP contribution in [0.3, 0.4) is 0 Å². The van der Waals surface area contributed by atoms with Crippen molar-refractivity contribution >= 4 is 43.5 Å². The molecule has 242 valence electrons. The van der Waals surface area contributed by atoms with E-state index in [4.69, 9.17) is 9.40 Å². The zero-order valence-corrected chi connectivity index (χ0v) is 28.8. The third kappa shape index (κ3) is 4.92. The zero-order chi connectivity index (χ0) is 33.9. The molecule has 0 aliphatic heterocycles. The van der Waals surface area contributed by atoms with E-state index in [1.165, 1.54) is 55.0 Å². The van der Waals surface area contributed by atoms with Gasteiger partial charge in [0.25, 0.3) is 0 Å². The fourth-order valence-electron chi connectivity index (χ4n) is 7.61. The molecule has 50 heavy (non-hydrogen) atoms. The van der Waals surface area contributed by atoms with E-state index in [2.05, 4.69) is 172 Å². The fraction of sp³-hybridized carbons (Fsp3) is 0.128. The Balaban J connectivity index is 1.28. The minimum absolute atomic E-state index is 0.289. The van der Waals surface area contributed by atoms with Crippen LogP contribution in [0.5, 0.6) is 0 Å². The molecule has 2 aromatic heterocycles. The summed E-state index contributed by atoms with van der Waals surface area (Å²) in [5.41, 5.74) is 12.5. The van der Waals surface area contributed by atoms with E-state index in [0.29, 0.717) is 0 Å². The molecular weight excluding hydrogens is 609 g/mol. The second-order valence-corrected chi connectivity index (χ2v) is 14.0. The topological polar surface area (TPSA) is 31.0 Å². The van der Waals surface area contributed by atoms with Crippen molar-refractivity contribution in [3.05, 3.63) is 157 Å².